The zero-order valence-corrected chi connectivity index (χ0v) is 42.9. The van der Waals surface area contributed by atoms with Crippen LogP contribution >= 0.6 is 0 Å². The third kappa shape index (κ3) is 10.6. The predicted molar refractivity (Wildman–Crippen MR) is 244 cm³/mol. The van der Waals surface area contributed by atoms with Crippen molar-refractivity contribution in [2.75, 3.05) is 39.7 Å². The largest absolute Gasteiger partial charge is 1.00 e. The second-order valence-corrected chi connectivity index (χ2v) is 16.6. The number of amides is 1. The van der Waals surface area contributed by atoms with Crippen LogP contribution in [0.5, 0.6) is 17.2 Å². The molecule has 15 heteroatoms. The van der Waals surface area contributed by atoms with Gasteiger partial charge in [0.15, 0.2) is 11.3 Å². The monoisotopic (exact) mass is 907 g/mol. The summed E-state index contributed by atoms with van der Waals surface area (Å²) in [6.07, 6.45) is 7.23. The van der Waals surface area contributed by atoms with Crippen molar-refractivity contribution in [3.8, 4) is 28.7 Å². The average molecular weight is 908 g/mol. The van der Waals surface area contributed by atoms with Crippen molar-refractivity contribution in [1.29, 1.82) is 0 Å². The van der Waals surface area contributed by atoms with Gasteiger partial charge in [-0.2, -0.15) is 0 Å². The molecule has 0 saturated carbocycles. The molecule has 1 aliphatic carbocycles. The van der Waals surface area contributed by atoms with Gasteiger partial charge in [0.2, 0.25) is 5.43 Å². The standard InChI is InChI=1S/C46H53N3O11.C2H6.CH3.K/c1-23-12-11-13-25(3)45(53)48-38-39(51)35-34(37-43(38)58-32-22-29(14-15-30(32)47-37)55-19-17-49(8)9)36-42-27(5)41(35)59-33(21-24(2)20-23)40(57-28(6)50)26(4)31(54-10)16-18-56-46(7,60-42)44(36)52;1-2;;/h11-16,18,22-24,26,31,33,40H,17,19-21H2,1-10H3,(H,48,53);1-2H3;1H3;/q;;-1;+1/b12-11+,18-16+,25-13-;;;/t23?,24-,26-,31+,33?,40?,46+;;;/m1.../s1. The quantitative estimate of drug-likeness (QED) is 0.0807. The molecule has 7 rings (SSSR count). The molecule has 0 aromatic heterocycles. The van der Waals surface area contributed by atoms with Crippen molar-refractivity contribution >= 4 is 45.2 Å². The van der Waals surface area contributed by atoms with Crippen molar-refractivity contribution in [1.82, 2.24) is 9.88 Å². The van der Waals surface area contributed by atoms with E-state index in [9.17, 15) is 14.4 Å². The number of likely N-dealkylation sites (N-methyl/N-ethyl adjacent to an activating group) is 1. The Kier molecular flexibility index (Phi) is 18.0. The molecular formula is C49H62KN3O11. The van der Waals surface area contributed by atoms with E-state index in [1.165, 1.54) is 27.2 Å². The van der Waals surface area contributed by atoms with Gasteiger partial charge in [-0.1, -0.05) is 52.8 Å². The second kappa shape index (κ2) is 21.9. The van der Waals surface area contributed by atoms with Crippen LogP contribution in [-0.4, -0.2) is 86.0 Å². The van der Waals surface area contributed by atoms with E-state index >= 15 is 4.79 Å². The SMILES string of the molecule is CC.CO[C@H]1/C=C/O[C@@]2(C)Oc3c(C)c4c5c(=O)c(c6oc7cc(OCCN(C)C)ccc7nc-6c5c3C2=O)NC(=O)/C(C)=C\C=C\C(C)C[C@@H](C)CC(O4)C(OC(C)=O)[C@@H]1C.[CH3-].[K+]. The van der Waals surface area contributed by atoms with Crippen LogP contribution < -0.4 is 76.3 Å². The summed E-state index contributed by atoms with van der Waals surface area (Å²) in [7, 11) is 5.41. The van der Waals surface area contributed by atoms with Crippen LogP contribution in [-0.2, 0) is 23.8 Å². The maximum Gasteiger partial charge on any atom is 1.00 e. The van der Waals surface area contributed by atoms with Crippen LogP contribution in [0, 0.1) is 32.1 Å². The molecule has 1 amide bonds. The molecule has 4 aliphatic heterocycles. The van der Waals surface area contributed by atoms with Gasteiger partial charge in [0.25, 0.3) is 11.7 Å². The van der Waals surface area contributed by atoms with Crippen molar-refractivity contribution in [2.24, 2.45) is 17.8 Å². The van der Waals surface area contributed by atoms with Gasteiger partial charge < -0.3 is 50.5 Å². The van der Waals surface area contributed by atoms with E-state index in [0.29, 0.717) is 42.0 Å². The molecule has 0 spiro atoms. The average Bonchev–Trinajstić information content (AvgIpc) is 3.49. The topological polar surface area (TPSA) is 165 Å². The number of rotatable bonds is 6. The van der Waals surface area contributed by atoms with E-state index in [2.05, 4.69) is 19.2 Å². The van der Waals surface area contributed by atoms with Gasteiger partial charge in [0.1, 0.15) is 53.0 Å². The molecule has 7 atom stereocenters. The minimum Gasteiger partial charge on any atom is -0.492 e. The number of hydrogen-bond acceptors (Lipinski definition) is 13. The van der Waals surface area contributed by atoms with Crippen LogP contribution in [0.4, 0.5) is 5.69 Å². The number of esters is 1. The number of methoxy groups -OCH3 is 1. The molecule has 2 aromatic carbocycles. The van der Waals surface area contributed by atoms with Crippen LogP contribution in [0.15, 0.2) is 63.6 Å². The summed E-state index contributed by atoms with van der Waals surface area (Å²) in [6, 6.07) is 5.15. The number of ether oxygens (including phenoxy) is 6. The van der Waals surface area contributed by atoms with Gasteiger partial charge in [-0.3, -0.25) is 19.2 Å². The summed E-state index contributed by atoms with van der Waals surface area (Å²) in [6.45, 7) is 17.3. The van der Waals surface area contributed by atoms with Crippen molar-refractivity contribution in [2.45, 2.75) is 99.3 Å². The summed E-state index contributed by atoms with van der Waals surface area (Å²) in [4.78, 5) is 64.1. The van der Waals surface area contributed by atoms with Crippen LogP contribution in [0.25, 0.3) is 33.3 Å². The minimum absolute atomic E-state index is 0. The summed E-state index contributed by atoms with van der Waals surface area (Å²) in [5, 5.41) is 2.90. The molecule has 2 aromatic rings. The Hall–Kier alpha value is -4.09. The van der Waals surface area contributed by atoms with E-state index in [1.807, 2.05) is 51.9 Å². The molecule has 0 saturated heterocycles. The number of anilines is 1. The number of carbonyl (C=O) groups is 3. The number of nitrogens with one attached hydrogen (secondary N) is 1. The summed E-state index contributed by atoms with van der Waals surface area (Å²) in [5.41, 5.74) is 0.568. The van der Waals surface area contributed by atoms with Gasteiger partial charge in [-0.05, 0) is 70.8 Å². The number of hydrogen-bond donors (Lipinski definition) is 1. The van der Waals surface area contributed by atoms with E-state index < -0.39 is 53.1 Å². The third-order valence-electron chi connectivity index (χ3n) is 11.5. The molecule has 64 heavy (non-hydrogen) atoms. The molecule has 14 nitrogen and oxygen atoms in total. The normalized spacial score (nSPS) is 26.1. The number of ketones is 1. The predicted octanol–water partition coefficient (Wildman–Crippen LogP) is 5.85. The maximum absolute atomic E-state index is 15.4. The zero-order chi connectivity index (χ0) is 45.2. The van der Waals surface area contributed by atoms with Crippen LogP contribution in [0.3, 0.4) is 0 Å². The Morgan fingerprint density at radius 3 is 2.42 bits per heavy atom. The molecule has 6 bridgehead atoms. The van der Waals surface area contributed by atoms with Gasteiger partial charge in [-0.25, -0.2) is 4.98 Å². The van der Waals surface area contributed by atoms with E-state index in [-0.39, 0.29) is 121 Å². The van der Waals surface area contributed by atoms with E-state index in [1.54, 1.807) is 44.2 Å². The molecule has 4 heterocycles. The van der Waals surface area contributed by atoms with Crippen molar-refractivity contribution < 1.29 is 98.6 Å². The minimum atomic E-state index is -1.89. The first-order valence-corrected chi connectivity index (χ1v) is 21.3. The number of nitrogens with zero attached hydrogens (tertiary/aromatic N) is 2. The second-order valence-electron chi connectivity index (χ2n) is 16.6. The number of carbonyl (C=O) groups excluding carboxylic acids is 3. The maximum atomic E-state index is 15.4. The number of benzene rings is 3. The molecule has 1 N–H and O–H groups in total. The van der Waals surface area contributed by atoms with Crippen LogP contribution in [0.2, 0.25) is 0 Å². The summed E-state index contributed by atoms with van der Waals surface area (Å²) < 4.78 is 44.3. The first kappa shape index (κ1) is 52.5. The Morgan fingerprint density at radius 1 is 1.03 bits per heavy atom. The van der Waals surface area contributed by atoms with Crippen molar-refractivity contribution in [3.05, 3.63) is 83.1 Å². The van der Waals surface area contributed by atoms with Gasteiger partial charge in [-0.15, -0.1) is 0 Å². The first-order chi connectivity index (χ1) is 29.5. The fourth-order valence-electron chi connectivity index (χ4n) is 8.33. The first-order valence-electron chi connectivity index (χ1n) is 21.3. The van der Waals surface area contributed by atoms with Crippen LogP contribution in [0.1, 0.15) is 84.2 Å². The molecule has 3 unspecified atom stereocenters. The van der Waals surface area contributed by atoms with Crippen molar-refractivity contribution in [3.63, 3.8) is 0 Å². The number of Topliss-reactive ketones (excluding diaryl/α,β-unsaturated/α-hetero) is 1. The molecule has 5 aliphatic rings. The van der Waals surface area contributed by atoms with E-state index in [0.717, 1.165) is 6.42 Å². The van der Waals surface area contributed by atoms with Gasteiger partial charge in [0, 0.05) is 56.0 Å². The number of allylic oxidation sites excluding steroid dienone is 3. The molecule has 0 fully saturated rings. The fourth-order valence-corrected chi connectivity index (χ4v) is 8.33. The van der Waals surface area contributed by atoms with Gasteiger partial charge in [0.05, 0.1) is 23.3 Å². The fraction of sp³-hybridized carbons (Fsp3) is 0.469. The number of fused-ring (bicyclic) bond motifs is 8. The summed E-state index contributed by atoms with van der Waals surface area (Å²) in [5.74, 6) is -3.33. The van der Waals surface area contributed by atoms with E-state index in [4.69, 9.17) is 37.8 Å². The number of aromatic nitrogens is 1. The Bertz CT molecular complexity index is 2490. The smallest absolute Gasteiger partial charge is 0.492 e. The third-order valence-corrected chi connectivity index (χ3v) is 11.5. The molecular weight excluding hydrogens is 846 g/mol. The zero-order valence-electron chi connectivity index (χ0n) is 39.8. The Labute approximate surface area is 418 Å². The molecule has 0 radical (unpaired) electrons. The Morgan fingerprint density at radius 2 is 1.75 bits per heavy atom. The Balaban J connectivity index is 0.00000221. The molecule has 340 valence electrons. The van der Waals surface area contributed by atoms with Gasteiger partial charge >= 0.3 is 63.1 Å². The summed E-state index contributed by atoms with van der Waals surface area (Å²) >= 11 is 0.